The summed E-state index contributed by atoms with van der Waals surface area (Å²) in [6.07, 6.45) is 2.83. The van der Waals surface area contributed by atoms with Crippen molar-refractivity contribution < 1.29 is 17.6 Å². The number of hydrogen-bond donors (Lipinski definition) is 1. The highest BCUT2D eigenvalue weighted by Gasteiger charge is 2.25. The third-order valence-electron chi connectivity index (χ3n) is 4.50. The minimum atomic E-state index is -3.47. The Hall–Kier alpha value is -1.77. The molecule has 1 heterocycles. The number of nitrogens with zero attached hydrogens (tertiary/aromatic N) is 1. The van der Waals surface area contributed by atoms with Crippen LogP contribution in [0.1, 0.15) is 35.2 Å². The lowest BCUT2D eigenvalue weighted by atomic mass is 10.2. The van der Waals surface area contributed by atoms with Gasteiger partial charge in [-0.15, -0.1) is 0 Å². The summed E-state index contributed by atoms with van der Waals surface area (Å²) in [7, 11) is -3.47. The fourth-order valence-corrected chi connectivity index (χ4v) is 4.86. The van der Waals surface area contributed by atoms with E-state index in [0.29, 0.717) is 17.6 Å². The molecule has 3 rings (SSSR count). The molecular weight excluding hydrogens is 435 g/mol. The van der Waals surface area contributed by atoms with Crippen molar-refractivity contribution in [3.8, 4) is 0 Å². The Morgan fingerprint density at radius 2 is 1.74 bits per heavy atom. The number of rotatable bonds is 5. The first-order chi connectivity index (χ1) is 12.9. The van der Waals surface area contributed by atoms with E-state index < -0.39 is 21.7 Å². The predicted molar refractivity (Wildman–Crippen MR) is 104 cm³/mol. The molecule has 144 valence electrons. The number of sulfonamides is 1. The molecule has 0 unspecified atom stereocenters. The number of benzene rings is 2. The van der Waals surface area contributed by atoms with Crippen molar-refractivity contribution in [1.29, 1.82) is 0 Å². The van der Waals surface area contributed by atoms with Crippen LogP contribution in [0.25, 0.3) is 0 Å². The van der Waals surface area contributed by atoms with Crippen LogP contribution in [-0.2, 0) is 16.6 Å². The Labute approximate surface area is 166 Å². The highest BCUT2D eigenvalue weighted by atomic mass is 79.9. The van der Waals surface area contributed by atoms with E-state index in [4.69, 9.17) is 0 Å². The van der Waals surface area contributed by atoms with E-state index in [1.807, 2.05) is 0 Å². The van der Waals surface area contributed by atoms with Crippen molar-refractivity contribution in [2.45, 2.75) is 30.7 Å². The molecule has 1 N–H and O–H groups in total. The molecule has 8 heteroatoms. The maximum Gasteiger partial charge on any atom is 0.254 e. The molecule has 5 nitrogen and oxygen atoms in total. The topological polar surface area (TPSA) is 66.5 Å². The average Bonchev–Trinajstić information content (AvgIpc) is 2.69. The largest absolute Gasteiger partial charge is 0.348 e. The van der Waals surface area contributed by atoms with Gasteiger partial charge in [-0.3, -0.25) is 4.79 Å². The van der Waals surface area contributed by atoms with Crippen LogP contribution in [0.3, 0.4) is 0 Å². The van der Waals surface area contributed by atoms with Gasteiger partial charge in [0.05, 0.1) is 10.5 Å². The van der Waals surface area contributed by atoms with E-state index in [1.165, 1.54) is 22.5 Å². The monoisotopic (exact) mass is 454 g/mol. The lowest BCUT2D eigenvalue weighted by Gasteiger charge is -2.25. The zero-order valence-corrected chi connectivity index (χ0v) is 17.0. The molecule has 1 amide bonds. The van der Waals surface area contributed by atoms with E-state index in [1.54, 1.807) is 24.3 Å². The molecule has 27 heavy (non-hydrogen) atoms. The van der Waals surface area contributed by atoms with Crippen molar-refractivity contribution >= 4 is 31.9 Å². The van der Waals surface area contributed by atoms with Crippen molar-refractivity contribution in [3.63, 3.8) is 0 Å². The van der Waals surface area contributed by atoms with Crippen LogP contribution in [0, 0.1) is 5.82 Å². The number of nitrogens with one attached hydrogen (secondary N) is 1. The Morgan fingerprint density at radius 1 is 1.07 bits per heavy atom. The van der Waals surface area contributed by atoms with E-state index in [2.05, 4.69) is 21.2 Å². The normalized spacial score (nSPS) is 15.5. The summed E-state index contributed by atoms with van der Waals surface area (Å²) in [4.78, 5) is 12.4. The number of carbonyl (C=O) groups excluding carboxylic acids is 1. The number of amides is 1. The van der Waals surface area contributed by atoms with Gasteiger partial charge in [-0.25, -0.2) is 12.8 Å². The smallest absolute Gasteiger partial charge is 0.254 e. The van der Waals surface area contributed by atoms with Gasteiger partial charge in [-0.05, 0) is 48.7 Å². The standard InChI is InChI=1S/C19H20BrFN2O3S/c20-15-6-9-18(21)17(12-15)19(24)22-13-14-4-7-16(8-5-14)27(25,26)23-10-2-1-3-11-23/h4-9,12H,1-3,10-11,13H2,(H,22,24). The van der Waals surface area contributed by atoms with Crippen molar-refractivity contribution in [3.05, 3.63) is 63.9 Å². The first-order valence-corrected chi connectivity index (χ1v) is 10.9. The van der Waals surface area contributed by atoms with Crippen molar-refractivity contribution in [2.75, 3.05) is 13.1 Å². The lowest BCUT2D eigenvalue weighted by Crippen LogP contribution is -2.35. The molecule has 1 aliphatic rings. The molecule has 1 saturated heterocycles. The van der Waals surface area contributed by atoms with Gasteiger partial charge >= 0.3 is 0 Å². The molecular formula is C19H20BrFN2O3S. The Kier molecular flexibility index (Phi) is 6.29. The van der Waals surface area contributed by atoms with Gasteiger partial charge in [0.2, 0.25) is 10.0 Å². The second kappa shape index (κ2) is 8.50. The summed E-state index contributed by atoms with van der Waals surface area (Å²) in [6.45, 7) is 1.28. The quantitative estimate of drug-likeness (QED) is 0.748. The summed E-state index contributed by atoms with van der Waals surface area (Å²) < 4.78 is 41.1. The van der Waals surface area contributed by atoms with E-state index in [9.17, 15) is 17.6 Å². The molecule has 0 spiro atoms. The zero-order chi connectivity index (χ0) is 19.4. The molecule has 1 fully saturated rings. The van der Waals surface area contributed by atoms with Crippen molar-refractivity contribution in [1.82, 2.24) is 9.62 Å². The first kappa shape index (κ1) is 20.0. The fourth-order valence-electron chi connectivity index (χ4n) is 2.98. The minimum absolute atomic E-state index is 0.0475. The van der Waals surface area contributed by atoms with Gasteiger partial charge in [-0.1, -0.05) is 34.5 Å². The maximum absolute atomic E-state index is 13.8. The predicted octanol–water partition coefficient (Wildman–Crippen LogP) is 3.69. The lowest BCUT2D eigenvalue weighted by molar-refractivity contribution is 0.0946. The Balaban J connectivity index is 1.65. The number of carbonyl (C=O) groups is 1. The van der Waals surface area contributed by atoms with Crippen LogP contribution in [-0.4, -0.2) is 31.7 Å². The minimum Gasteiger partial charge on any atom is -0.348 e. The second-order valence-electron chi connectivity index (χ2n) is 6.42. The second-order valence-corrected chi connectivity index (χ2v) is 9.27. The van der Waals surface area contributed by atoms with Gasteiger partial charge in [0.15, 0.2) is 0 Å². The van der Waals surface area contributed by atoms with Gasteiger partial charge in [0.25, 0.3) is 5.91 Å². The molecule has 0 atom stereocenters. The Morgan fingerprint density at radius 3 is 2.41 bits per heavy atom. The van der Waals surface area contributed by atoms with Crippen LogP contribution < -0.4 is 5.32 Å². The van der Waals surface area contributed by atoms with Crippen molar-refractivity contribution in [2.24, 2.45) is 0 Å². The van der Waals surface area contributed by atoms with Gasteiger partial charge < -0.3 is 5.32 Å². The number of hydrogen-bond acceptors (Lipinski definition) is 3. The average molecular weight is 455 g/mol. The molecule has 0 radical (unpaired) electrons. The van der Waals surface area contributed by atoms with E-state index in [0.717, 1.165) is 24.8 Å². The third-order valence-corrected chi connectivity index (χ3v) is 6.91. The molecule has 2 aromatic carbocycles. The van der Waals surface area contributed by atoms with Crippen LogP contribution in [0.15, 0.2) is 51.8 Å². The zero-order valence-electron chi connectivity index (χ0n) is 14.6. The molecule has 0 aromatic heterocycles. The first-order valence-electron chi connectivity index (χ1n) is 8.70. The van der Waals surface area contributed by atoms with Gasteiger partial charge in [0, 0.05) is 24.1 Å². The van der Waals surface area contributed by atoms with Crippen LogP contribution >= 0.6 is 15.9 Å². The van der Waals surface area contributed by atoms with Crippen LogP contribution in [0.5, 0.6) is 0 Å². The maximum atomic E-state index is 13.8. The summed E-state index contributed by atoms with van der Waals surface area (Å²) in [5.41, 5.74) is 0.685. The third kappa shape index (κ3) is 4.75. The molecule has 0 aliphatic carbocycles. The number of piperidine rings is 1. The summed E-state index contributed by atoms with van der Waals surface area (Å²) in [6, 6.07) is 10.6. The summed E-state index contributed by atoms with van der Waals surface area (Å²) in [5, 5.41) is 2.65. The SMILES string of the molecule is O=C(NCc1ccc(S(=O)(=O)N2CCCCC2)cc1)c1cc(Br)ccc1F. The summed E-state index contributed by atoms with van der Waals surface area (Å²) >= 11 is 3.21. The molecule has 2 aromatic rings. The van der Waals surface area contributed by atoms with E-state index >= 15 is 0 Å². The molecule has 0 bridgehead atoms. The highest BCUT2D eigenvalue weighted by Crippen LogP contribution is 2.21. The molecule has 1 aliphatic heterocycles. The Bertz CT molecular complexity index is 926. The van der Waals surface area contributed by atoms with Gasteiger partial charge in [0.1, 0.15) is 5.82 Å². The van der Waals surface area contributed by atoms with Crippen LogP contribution in [0.2, 0.25) is 0 Å². The van der Waals surface area contributed by atoms with Crippen LogP contribution in [0.4, 0.5) is 4.39 Å². The molecule has 0 saturated carbocycles. The fraction of sp³-hybridized carbons (Fsp3) is 0.316. The van der Waals surface area contributed by atoms with Gasteiger partial charge in [-0.2, -0.15) is 4.31 Å². The van der Waals surface area contributed by atoms with E-state index in [-0.39, 0.29) is 17.0 Å². The summed E-state index contributed by atoms with van der Waals surface area (Å²) in [5.74, 6) is -1.13. The highest BCUT2D eigenvalue weighted by molar-refractivity contribution is 9.10. The number of halogens is 2.